The average molecular weight is 248 g/mol. The Hall–Kier alpha value is -1.55. The van der Waals surface area contributed by atoms with E-state index in [-0.39, 0.29) is 5.91 Å². The minimum absolute atomic E-state index is 0.149. The molecule has 1 aliphatic rings. The molecular formula is C14H20N2O2. The van der Waals surface area contributed by atoms with Crippen molar-refractivity contribution in [3.63, 3.8) is 0 Å². The van der Waals surface area contributed by atoms with Crippen LogP contribution in [0, 0.1) is 0 Å². The zero-order chi connectivity index (χ0) is 13.0. The third-order valence-electron chi connectivity index (χ3n) is 3.39. The molecule has 0 radical (unpaired) electrons. The first-order chi connectivity index (χ1) is 8.66. The van der Waals surface area contributed by atoms with Crippen LogP contribution in [0.3, 0.4) is 0 Å². The summed E-state index contributed by atoms with van der Waals surface area (Å²) >= 11 is 0. The number of carbonyl (C=O) groups is 1. The van der Waals surface area contributed by atoms with Gasteiger partial charge in [-0.15, -0.1) is 0 Å². The Morgan fingerprint density at radius 3 is 2.78 bits per heavy atom. The Kier molecular flexibility index (Phi) is 4.20. The minimum Gasteiger partial charge on any atom is -0.399 e. The molecule has 1 atom stereocenters. The first-order valence-corrected chi connectivity index (χ1v) is 6.48. The minimum atomic E-state index is -0.611. The Bertz CT molecular complexity index is 414. The molecule has 1 unspecified atom stereocenters. The molecule has 18 heavy (non-hydrogen) atoms. The van der Waals surface area contributed by atoms with Crippen LogP contribution in [0.2, 0.25) is 0 Å². The SMILES string of the molecule is Nc1cccc(C(O)CCC(=O)N2CCCC2)c1. The van der Waals surface area contributed by atoms with E-state index >= 15 is 0 Å². The van der Waals surface area contributed by atoms with E-state index in [1.165, 1.54) is 0 Å². The first kappa shape index (κ1) is 12.9. The number of hydrogen-bond acceptors (Lipinski definition) is 3. The van der Waals surface area contributed by atoms with Crippen molar-refractivity contribution in [2.24, 2.45) is 0 Å². The fraction of sp³-hybridized carbons (Fsp3) is 0.500. The number of hydrogen-bond donors (Lipinski definition) is 2. The zero-order valence-electron chi connectivity index (χ0n) is 10.5. The third-order valence-corrected chi connectivity index (χ3v) is 3.39. The maximum absolute atomic E-state index is 11.8. The standard InChI is InChI=1S/C14H20N2O2/c15-12-5-3-4-11(10-12)13(17)6-7-14(18)16-8-1-2-9-16/h3-5,10,13,17H,1-2,6-9,15H2. The molecule has 0 spiro atoms. The van der Waals surface area contributed by atoms with Crippen LogP contribution in [0.1, 0.15) is 37.4 Å². The molecule has 0 bridgehead atoms. The summed E-state index contributed by atoms with van der Waals surface area (Å²) in [6.45, 7) is 1.74. The molecule has 0 saturated carbocycles. The van der Waals surface area contributed by atoms with E-state index in [0.717, 1.165) is 31.5 Å². The Balaban J connectivity index is 1.84. The maximum atomic E-state index is 11.8. The molecule has 98 valence electrons. The average Bonchev–Trinajstić information content (AvgIpc) is 2.89. The van der Waals surface area contributed by atoms with Crippen molar-refractivity contribution in [2.45, 2.75) is 31.8 Å². The molecule has 1 amide bonds. The van der Waals surface area contributed by atoms with E-state index < -0.39 is 6.10 Å². The van der Waals surface area contributed by atoms with Gasteiger partial charge in [0.25, 0.3) is 0 Å². The van der Waals surface area contributed by atoms with Crippen LogP contribution >= 0.6 is 0 Å². The fourth-order valence-electron chi connectivity index (χ4n) is 2.32. The molecule has 1 fully saturated rings. The highest BCUT2D eigenvalue weighted by molar-refractivity contribution is 5.76. The van der Waals surface area contributed by atoms with Crippen LogP contribution < -0.4 is 5.73 Å². The number of nitrogens with two attached hydrogens (primary N) is 1. The summed E-state index contributed by atoms with van der Waals surface area (Å²) in [5.74, 6) is 0.149. The molecule has 0 aromatic heterocycles. The predicted molar refractivity (Wildman–Crippen MR) is 70.9 cm³/mol. The number of aliphatic hydroxyl groups excluding tert-OH is 1. The number of nitrogens with zero attached hydrogens (tertiary/aromatic N) is 1. The highest BCUT2D eigenvalue weighted by Gasteiger charge is 2.19. The summed E-state index contributed by atoms with van der Waals surface area (Å²) in [7, 11) is 0. The maximum Gasteiger partial charge on any atom is 0.222 e. The largest absolute Gasteiger partial charge is 0.399 e. The van der Waals surface area contributed by atoms with E-state index in [4.69, 9.17) is 5.73 Å². The summed E-state index contributed by atoms with van der Waals surface area (Å²) in [6.07, 6.45) is 2.45. The fourth-order valence-corrected chi connectivity index (χ4v) is 2.32. The Morgan fingerprint density at radius 1 is 1.39 bits per heavy atom. The summed E-state index contributed by atoms with van der Waals surface area (Å²) in [5, 5.41) is 10.0. The lowest BCUT2D eigenvalue weighted by molar-refractivity contribution is -0.130. The summed E-state index contributed by atoms with van der Waals surface area (Å²) in [4.78, 5) is 13.7. The van der Waals surface area contributed by atoms with Gasteiger partial charge in [0.1, 0.15) is 0 Å². The molecule has 1 aromatic rings. The van der Waals surface area contributed by atoms with E-state index in [0.29, 0.717) is 18.5 Å². The molecular weight excluding hydrogens is 228 g/mol. The number of benzene rings is 1. The number of likely N-dealkylation sites (tertiary alicyclic amines) is 1. The van der Waals surface area contributed by atoms with Crippen molar-refractivity contribution in [3.8, 4) is 0 Å². The topological polar surface area (TPSA) is 66.6 Å². The van der Waals surface area contributed by atoms with Crippen LogP contribution in [-0.2, 0) is 4.79 Å². The molecule has 4 heteroatoms. The van der Waals surface area contributed by atoms with Crippen molar-refractivity contribution in [1.29, 1.82) is 0 Å². The van der Waals surface area contributed by atoms with Crippen molar-refractivity contribution in [2.75, 3.05) is 18.8 Å². The van der Waals surface area contributed by atoms with Gasteiger partial charge < -0.3 is 15.7 Å². The zero-order valence-corrected chi connectivity index (χ0v) is 10.5. The molecule has 1 saturated heterocycles. The number of aliphatic hydroxyl groups is 1. The quantitative estimate of drug-likeness (QED) is 0.797. The van der Waals surface area contributed by atoms with Crippen LogP contribution in [0.25, 0.3) is 0 Å². The summed E-state index contributed by atoms with van der Waals surface area (Å²) in [5.41, 5.74) is 7.08. The van der Waals surface area contributed by atoms with Crippen LogP contribution in [-0.4, -0.2) is 29.0 Å². The molecule has 1 aromatic carbocycles. The van der Waals surface area contributed by atoms with Crippen molar-refractivity contribution >= 4 is 11.6 Å². The number of nitrogen functional groups attached to an aromatic ring is 1. The molecule has 1 heterocycles. The number of carbonyl (C=O) groups excluding carboxylic acids is 1. The van der Waals surface area contributed by atoms with Gasteiger partial charge in [-0.3, -0.25) is 4.79 Å². The van der Waals surface area contributed by atoms with Crippen LogP contribution in [0.4, 0.5) is 5.69 Å². The van der Waals surface area contributed by atoms with E-state index in [1.54, 1.807) is 12.1 Å². The molecule has 3 N–H and O–H groups in total. The highest BCUT2D eigenvalue weighted by atomic mass is 16.3. The molecule has 0 aliphatic carbocycles. The predicted octanol–water partition coefficient (Wildman–Crippen LogP) is 1.70. The second-order valence-electron chi connectivity index (χ2n) is 4.81. The Morgan fingerprint density at radius 2 is 2.11 bits per heavy atom. The van der Waals surface area contributed by atoms with E-state index in [1.807, 2.05) is 17.0 Å². The second kappa shape index (κ2) is 5.87. The smallest absolute Gasteiger partial charge is 0.222 e. The van der Waals surface area contributed by atoms with E-state index in [9.17, 15) is 9.90 Å². The van der Waals surface area contributed by atoms with Gasteiger partial charge >= 0.3 is 0 Å². The molecule has 2 rings (SSSR count). The van der Waals surface area contributed by atoms with E-state index in [2.05, 4.69) is 0 Å². The van der Waals surface area contributed by atoms with Crippen molar-refractivity contribution in [1.82, 2.24) is 4.90 Å². The van der Waals surface area contributed by atoms with Crippen molar-refractivity contribution in [3.05, 3.63) is 29.8 Å². The second-order valence-corrected chi connectivity index (χ2v) is 4.81. The normalized spacial score (nSPS) is 16.8. The summed E-state index contributed by atoms with van der Waals surface area (Å²) < 4.78 is 0. The number of rotatable bonds is 4. The van der Waals surface area contributed by atoms with Gasteiger partial charge in [0.05, 0.1) is 6.10 Å². The summed E-state index contributed by atoms with van der Waals surface area (Å²) in [6, 6.07) is 7.19. The van der Waals surface area contributed by atoms with Crippen LogP contribution in [0.15, 0.2) is 24.3 Å². The number of anilines is 1. The van der Waals surface area contributed by atoms with Gasteiger partial charge in [0, 0.05) is 25.2 Å². The van der Waals surface area contributed by atoms with Gasteiger partial charge in [-0.2, -0.15) is 0 Å². The van der Waals surface area contributed by atoms with Crippen LogP contribution in [0.5, 0.6) is 0 Å². The first-order valence-electron chi connectivity index (χ1n) is 6.48. The molecule has 4 nitrogen and oxygen atoms in total. The highest BCUT2D eigenvalue weighted by Crippen LogP contribution is 2.21. The Labute approximate surface area is 107 Å². The lowest BCUT2D eigenvalue weighted by atomic mass is 10.0. The monoisotopic (exact) mass is 248 g/mol. The van der Waals surface area contributed by atoms with Gasteiger partial charge in [-0.1, -0.05) is 12.1 Å². The van der Waals surface area contributed by atoms with Gasteiger partial charge in [-0.25, -0.2) is 0 Å². The van der Waals surface area contributed by atoms with Gasteiger partial charge in [0.2, 0.25) is 5.91 Å². The number of amides is 1. The molecule has 1 aliphatic heterocycles. The van der Waals surface area contributed by atoms with Gasteiger partial charge in [0.15, 0.2) is 0 Å². The third kappa shape index (κ3) is 3.23. The lowest BCUT2D eigenvalue weighted by Crippen LogP contribution is -2.27. The lowest BCUT2D eigenvalue weighted by Gasteiger charge is -2.17. The van der Waals surface area contributed by atoms with Crippen molar-refractivity contribution < 1.29 is 9.90 Å². The van der Waals surface area contributed by atoms with Gasteiger partial charge in [-0.05, 0) is 37.0 Å².